The van der Waals surface area contributed by atoms with E-state index in [4.69, 9.17) is 0 Å². The van der Waals surface area contributed by atoms with Crippen molar-refractivity contribution in [3.63, 3.8) is 0 Å². The summed E-state index contributed by atoms with van der Waals surface area (Å²) in [6, 6.07) is 5.83. The largest absolute Gasteiger partial charge is 0.506 e. The van der Waals surface area contributed by atoms with Crippen LogP contribution in [0.5, 0.6) is 5.75 Å². The van der Waals surface area contributed by atoms with Crippen molar-refractivity contribution in [3.05, 3.63) is 59.2 Å². The topological polar surface area (TPSA) is 49.3 Å². The maximum Gasteiger partial charge on any atom is 0.416 e. The maximum atomic E-state index is 12.8. The van der Waals surface area contributed by atoms with Crippen LogP contribution in [-0.2, 0) is 12.4 Å². The number of carbonyl (C=O) groups is 1. The number of para-hydroxylation sites is 2. The van der Waals surface area contributed by atoms with Gasteiger partial charge in [0.15, 0.2) is 0 Å². The number of rotatable bonds is 2. The number of amides is 1. The summed E-state index contributed by atoms with van der Waals surface area (Å²) in [6.45, 7) is 0. The number of halogens is 6. The minimum absolute atomic E-state index is 0.0726. The normalized spacial score (nSPS) is 12.1. The molecule has 0 saturated heterocycles. The number of hydrogen-bond donors (Lipinski definition) is 2. The second kappa shape index (κ2) is 6.06. The lowest BCUT2D eigenvalue weighted by molar-refractivity contribution is -0.143. The fraction of sp³-hybridized carbons (Fsp3) is 0.133. The van der Waals surface area contributed by atoms with E-state index in [0.717, 1.165) is 0 Å². The first-order valence-electron chi connectivity index (χ1n) is 6.37. The van der Waals surface area contributed by atoms with Gasteiger partial charge in [-0.05, 0) is 30.3 Å². The number of nitrogens with one attached hydrogen (secondary N) is 1. The molecule has 0 heterocycles. The predicted molar refractivity (Wildman–Crippen MR) is 72.5 cm³/mol. The minimum Gasteiger partial charge on any atom is -0.506 e. The second-order valence-electron chi connectivity index (χ2n) is 4.77. The van der Waals surface area contributed by atoms with Crippen molar-refractivity contribution in [1.82, 2.24) is 0 Å². The van der Waals surface area contributed by atoms with Crippen LogP contribution in [0, 0.1) is 0 Å². The zero-order valence-corrected chi connectivity index (χ0v) is 11.7. The Morgan fingerprint density at radius 1 is 0.875 bits per heavy atom. The van der Waals surface area contributed by atoms with Gasteiger partial charge in [0.25, 0.3) is 5.91 Å². The van der Waals surface area contributed by atoms with Gasteiger partial charge in [0.05, 0.1) is 16.8 Å². The molecule has 0 unspecified atom stereocenters. The molecule has 0 aliphatic carbocycles. The van der Waals surface area contributed by atoms with E-state index in [1.807, 2.05) is 0 Å². The number of hydrogen-bond acceptors (Lipinski definition) is 2. The van der Waals surface area contributed by atoms with E-state index in [0.29, 0.717) is 12.1 Å². The number of aromatic hydroxyl groups is 1. The summed E-state index contributed by atoms with van der Waals surface area (Å²) >= 11 is 0. The molecule has 128 valence electrons. The predicted octanol–water partition coefficient (Wildman–Crippen LogP) is 4.68. The number of benzene rings is 2. The van der Waals surface area contributed by atoms with Crippen molar-refractivity contribution in [2.75, 3.05) is 5.32 Å². The zero-order chi connectivity index (χ0) is 18.1. The third-order valence-corrected chi connectivity index (χ3v) is 3.00. The highest BCUT2D eigenvalue weighted by atomic mass is 19.4. The Morgan fingerprint density at radius 2 is 1.38 bits per heavy atom. The van der Waals surface area contributed by atoms with Crippen LogP contribution in [0.4, 0.5) is 32.0 Å². The molecule has 0 atom stereocenters. The molecular weight excluding hydrogens is 340 g/mol. The Balaban J connectivity index is 2.45. The fourth-order valence-electron chi connectivity index (χ4n) is 1.86. The monoisotopic (exact) mass is 349 g/mol. The first kappa shape index (κ1) is 17.6. The van der Waals surface area contributed by atoms with E-state index >= 15 is 0 Å². The van der Waals surface area contributed by atoms with Crippen LogP contribution in [0.3, 0.4) is 0 Å². The maximum absolute atomic E-state index is 12.8. The summed E-state index contributed by atoms with van der Waals surface area (Å²) < 4.78 is 76.5. The third-order valence-electron chi connectivity index (χ3n) is 3.00. The van der Waals surface area contributed by atoms with Crippen LogP contribution >= 0.6 is 0 Å². The number of phenols is 1. The molecule has 2 N–H and O–H groups in total. The highest BCUT2D eigenvalue weighted by Crippen LogP contribution is 2.36. The van der Waals surface area contributed by atoms with Crippen molar-refractivity contribution in [1.29, 1.82) is 0 Å². The van der Waals surface area contributed by atoms with Crippen molar-refractivity contribution in [2.45, 2.75) is 12.4 Å². The van der Waals surface area contributed by atoms with Crippen LogP contribution in [0.2, 0.25) is 0 Å². The van der Waals surface area contributed by atoms with Crippen LogP contribution in [0.1, 0.15) is 21.5 Å². The summed E-state index contributed by atoms with van der Waals surface area (Å²) in [6.07, 6.45) is -10.1. The molecule has 0 fully saturated rings. The Bertz CT molecular complexity index is 735. The first-order valence-corrected chi connectivity index (χ1v) is 6.37. The lowest BCUT2D eigenvalue weighted by Gasteiger charge is -2.14. The Labute approximate surface area is 131 Å². The summed E-state index contributed by atoms with van der Waals surface area (Å²) in [5, 5.41) is 11.6. The molecular formula is C15H9F6NO2. The molecule has 0 aliphatic heterocycles. The molecule has 9 heteroatoms. The summed E-state index contributed by atoms with van der Waals surface area (Å²) in [4.78, 5) is 12.0. The molecule has 2 rings (SSSR count). The van der Waals surface area contributed by atoms with Gasteiger partial charge in [-0.2, -0.15) is 26.3 Å². The lowest BCUT2D eigenvalue weighted by Crippen LogP contribution is -2.17. The highest BCUT2D eigenvalue weighted by Gasteiger charge is 2.37. The molecule has 0 saturated carbocycles. The molecule has 0 aliphatic rings. The van der Waals surface area contributed by atoms with E-state index in [1.165, 1.54) is 24.3 Å². The Morgan fingerprint density at radius 3 is 1.83 bits per heavy atom. The third kappa shape index (κ3) is 3.98. The van der Waals surface area contributed by atoms with E-state index in [2.05, 4.69) is 5.32 Å². The van der Waals surface area contributed by atoms with Crippen LogP contribution in [-0.4, -0.2) is 11.0 Å². The van der Waals surface area contributed by atoms with Gasteiger partial charge in [0.1, 0.15) is 5.75 Å². The molecule has 0 bridgehead atoms. The smallest absolute Gasteiger partial charge is 0.416 e. The second-order valence-corrected chi connectivity index (χ2v) is 4.77. The summed E-state index contributed by atoms with van der Waals surface area (Å²) in [7, 11) is 0. The Hall–Kier alpha value is -2.71. The number of anilines is 1. The molecule has 2 aromatic carbocycles. The van der Waals surface area contributed by atoms with Gasteiger partial charge in [-0.3, -0.25) is 4.79 Å². The van der Waals surface area contributed by atoms with Gasteiger partial charge >= 0.3 is 12.4 Å². The van der Waals surface area contributed by atoms with Crippen molar-refractivity contribution in [3.8, 4) is 5.75 Å². The van der Waals surface area contributed by atoms with Gasteiger partial charge in [0, 0.05) is 5.56 Å². The minimum atomic E-state index is -5.05. The zero-order valence-electron chi connectivity index (χ0n) is 11.7. The van der Waals surface area contributed by atoms with E-state index in [1.54, 1.807) is 0 Å². The fourth-order valence-corrected chi connectivity index (χ4v) is 1.86. The van der Waals surface area contributed by atoms with Crippen molar-refractivity contribution >= 4 is 11.6 Å². The van der Waals surface area contributed by atoms with Gasteiger partial charge in [-0.15, -0.1) is 0 Å². The molecule has 0 radical (unpaired) electrons. The summed E-state index contributed by atoms with van der Waals surface area (Å²) in [5.41, 5.74) is -4.17. The summed E-state index contributed by atoms with van der Waals surface area (Å²) in [5.74, 6) is -1.60. The molecule has 2 aromatic rings. The van der Waals surface area contributed by atoms with E-state index in [-0.39, 0.29) is 17.5 Å². The Kier molecular flexibility index (Phi) is 4.46. The van der Waals surface area contributed by atoms with Crippen molar-refractivity contribution in [2.24, 2.45) is 0 Å². The van der Waals surface area contributed by atoms with Crippen LogP contribution in [0.15, 0.2) is 42.5 Å². The van der Waals surface area contributed by atoms with Gasteiger partial charge in [-0.25, -0.2) is 0 Å². The van der Waals surface area contributed by atoms with E-state index < -0.39 is 35.0 Å². The quantitative estimate of drug-likeness (QED) is 0.611. The standard InChI is InChI=1S/C15H9F6NO2/c16-14(17,18)9-5-8(6-10(7-9)15(19,20)21)13(24)22-11-3-1-2-4-12(11)23/h1-7,23H,(H,22,24). The average Bonchev–Trinajstić information content (AvgIpc) is 2.47. The van der Waals surface area contributed by atoms with Crippen LogP contribution in [0.25, 0.3) is 0 Å². The van der Waals surface area contributed by atoms with Crippen LogP contribution < -0.4 is 5.32 Å². The number of alkyl halides is 6. The lowest BCUT2D eigenvalue weighted by atomic mass is 10.0. The van der Waals surface area contributed by atoms with Gasteiger partial charge < -0.3 is 10.4 Å². The molecule has 0 aromatic heterocycles. The molecule has 24 heavy (non-hydrogen) atoms. The van der Waals surface area contributed by atoms with Gasteiger partial charge in [0.2, 0.25) is 0 Å². The SMILES string of the molecule is O=C(Nc1ccccc1O)c1cc(C(F)(F)F)cc(C(F)(F)F)c1. The molecule has 0 spiro atoms. The molecule has 1 amide bonds. The average molecular weight is 349 g/mol. The van der Waals surface area contributed by atoms with Gasteiger partial charge in [-0.1, -0.05) is 12.1 Å². The molecule has 3 nitrogen and oxygen atoms in total. The number of phenolic OH excluding ortho intramolecular Hbond substituents is 1. The number of carbonyl (C=O) groups excluding carboxylic acids is 1. The first-order chi connectivity index (χ1) is 11.0. The van der Waals surface area contributed by atoms with Crippen molar-refractivity contribution < 1.29 is 36.2 Å². The van der Waals surface area contributed by atoms with E-state index in [9.17, 15) is 36.2 Å². The highest BCUT2D eigenvalue weighted by molar-refractivity contribution is 6.05.